The van der Waals surface area contributed by atoms with Crippen molar-refractivity contribution < 1.29 is 9.59 Å². The maximum Gasteiger partial charge on any atom is 0.272 e. The van der Waals surface area contributed by atoms with E-state index in [0.717, 1.165) is 30.7 Å². The molecule has 0 bridgehead atoms. The Bertz CT molecular complexity index is 832. The van der Waals surface area contributed by atoms with E-state index in [1.165, 1.54) is 0 Å². The summed E-state index contributed by atoms with van der Waals surface area (Å²) < 4.78 is 1.84. The van der Waals surface area contributed by atoms with E-state index in [-0.39, 0.29) is 17.7 Å². The molecule has 2 aromatic heterocycles. The lowest BCUT2D eigenvalue weighted by atomic mass is 10.2. The largest absolute Gasteiger partial charge is 0.345 e. The Kier molecular flexibility index (Phi) is 4.92. The topological polar surface area (TPSA) is 80.1 Å². The average Bonchev–Trinajstić information content (AvgIpc) is 3.33. The smallest absolute Gasteiger partial charge is 0.272 e. The second kappa shape index (κ2) is 7.50. The van der Waals surface area contributed by atoms with E-state index in [0.29, 0.717) is 37.8 Å². The van der Waals surface area contributed by atoms with Crippen molar-refractivity contribution in [2.24, 2.45) is 11.8 Å². The molecule has 1 N–H and O–H groups in total. The summed E-state index contributed by atoms with van der Waals surface area (Å²) in [5.74, 6) is 0.829. The molecule has 142 valence electrons. The van der Waals surface area contributed by atoms with E-state index < -0.39 is 0 Å². The molecule has 1 fully saturated rings. The zero-order valence-electron chi connectivity index (χ0n) is 15.6. The minimum Gasteiger partial charge on any atom is -0.345 e. The van der Waals surface area contributed by atoms with Crippen LogP contribution in [-0.4, -0.2) is 38.0 Å². The number of aromatic nitrogens is 3. The van der Waals surface area contributed by atoms with Crippen molar-refractivity contribution in [3.63, 3.8) is 0 Å². The first-order valence-electron chi connectivity index (χ1n) is 9.69. The Morgan fingerprint density at radius 2 is 2.19 bits per heavy atom. The van der Waals surface area contributed by atoms with Crippen molar-refractivity contribution >= 4 is 11.8 Å². The summed E-state index contributed by atoms with van der Waals surface area (Å²) in [6.45, 7) is 4.37. The first kappa shape index (κ1) is 17.7. The van der Waals surface area contributed by atoms with Crippen molar-refractivity contribution in [1.29, 1.82) is 0 Å². The number of rotatable bonds is 6. The van der Waals surface area contributed by atoms with Crippen LogP contribution in [0.25, 0.3) is 0 Å². The van der Waals surface area contributed by atoms with E-state index in [1.807, 2.05) is 27.8 Å². The van der Waals surface area contributed by atoms with Gasteiger partial charge in [-0.05, 0) is 37.0 Å². The number of hydrogen-bond donors (Lipinski definition) is 1. The third-order valence-corrected chi connectivity index (χ3v) is 5.40. The Hall–Kier alpha value is -2.70. The van der Waals surface area contributed by atoms with Crippen molar-refractivity contribution in [3.8, 4) is 0 Å². The highest BCUT2D eigenvalue weighted by Gasteiger charge is 2.44. The van der Waals surface area contributed by atoms with Gasteiger partial charge in [-0.25, -0.2) is 0 Å². The fourth-order valence-electron chi connectivity index (χ4n) is 3.80. The molecule has 1 saturated carbocycles. The zero-order valence-corrected chi connectivity index (χ0v) is 15.6. The summed E-state index contributed by atoms with van der Waals surface area (Å²) in [6, 6.07) is 7.39. The van der Waals surface area contributed by atoms with Crippen LogP contribution in [0.3, 0.4) is 0 Å². The molecule has 2 aromatic rings. The molecular formula is C20H25N5O2. The summed E-state index contributed by atoms with van der Waals surface area (Å²) in [5.41, 5.74) is 2.12. The van der Waals surface area contributed by atoms with E-state index in [2.05, 4.69) is 22.3 Å². The van der Waals surface area contributed by atoms with Gasteiger partial charge in [-0.3, -0.25) is 19.3 Å². The third-order valence-electron chi connectivity index (χ3n) is 5.40. The van der Waals surface area contributed by atoms with Crippen molar-refractivity contribution in [1.82, 2.24) is 25.0 Å². The van der Waals surface area contributed by atoms with Gasteiger partial charge < -0.3 is 10.2 Å². The van der Waals surface area contributed by atoms with Gasteiger partial charge in [-0.15, -0.1) is 0 Å². The number of fused-ring (bicyclic) bond motifs is 1. The normalized spacial score (nSPS) is 20.9. The van der Waals surface area contributed by atoms with E-state index in [9.17, 15) is 9.59 Å². The van der Waals surface area contributed by atoms with Crippen LogP contribution in [0, 0.1) is 11.8 Å². The maximum absolute atomic E-state index is 12.7. The fraction of sp³-hybridized carbons (Fsp3) is 0.500. The number of nitrogens with one attached hydrogen (secondary N) is 1. The molecule has 2 aliphatic rings. The number of amides is 2. The van der Waals surface area contributed by atoms with Gasteiger partial charge in [-0.1, -0.05) is 19.4 Å². The van der Waals surface area contributed by atoms with E-state index >= 15 is 0 Å². The lowest BCUT2D eigenvalue weighted by Gasteiger charge is -2.28. The van der Waals surface area contributed by atoms with Crippen LogP contribution in [0.15, 0.2) is 30.5 Å². The molecule has 7 nitrogen and oxygen atoms in total. The molecule has 0 spiro atoms. The van der Waals surface area contributed by atoms with Crippen LogP contribution in [0.2, 0.25) is 0 Å². The lowest BCUT2D eigenvalue weighted by Crippen LogP contribution is -2.39. The number of carbonyl (C=O) groups excluding carboxylic acids is 2. The SMILES string of the molecule is CCC[C@H]1C[C@H]1C(=O)N1CCn2nc(C(=O)NCc3ccccn3)cc2C1. The Labute approximate surface area is 158 Å². The van der Waals surface area contributed by atoms with Gasteiger partial charge in [0, 0.05) is 18.7 Å². The monoisotopic (exact) mass is 367 g/mol. The zero-order chi connectivity index (χ0) is 18.8. The molecular weight excluding hydrogens is 342 g/mol. The van der Waals surface area contributed by atoms with Crippen molar-refractivity contribution in [2.75, 3.05) is 6.54 Å². The summed E-state index contributed by atoms with van der Waals surface area (Å²) in [5, 5.41) is 7.26. The first-order chi connectivity index (χ1) is 13.2. The Balaban J connectivity index is 1.36. The summed E-state index contributed by atoms with van der Waals surface area (Å²) >= 11 is 0. The minimum atomic E-state index is -0.217. The fourth-order valence-corrected chi connectivity index (χ4v) is 3.80. The molecule has 4 rings (SSSR count). The molecule has 3 heterocycles. The van der Waals surface area contributed by atoms with Gasteiger partial charge in [0.2, 0.25) is 5.91 Å². The molecule has 1 aliphatic carbocycles. The highest BCUT2D eigenvalue weighted by molar-refractivity contribution is 5.92. The van der Waals surface area contributed by atoms with Crippen molar-refractivity contribution in [3.05, 3.63) is 47.5 Å². The molecule has 1 aliphatic heterocycles. The van der Waals surface area contributed by atoms with E-state index in [4.69, 9.17) is 0 Å². The summed E-state index contributed by atoms with van der Waals surface area (Å²) in [4.78, 5) is 31.2. The van der Waals surface area contributed by atoms with Crippen LogP contribution < -0.4 is 5.32 Å². The second-order valence-electron chi connectivity index (χ2n) is 7.40. The molecule has 0 unspecified atom stereocenters. The molecule has 0 radical (unpaired) electrons. The number of carbonyl (C=O) groups is 2. The molecule has 27 heavy (non-hydrogen) atoms. The minimum absolute atomic E-state index is 0.209. The standard InChI is InChI=1S/C20H25N5O2/c1-2-5-14-10-17(14)20(27)24-8-9-25-16(13-24)11-18(23-25)19(26)22-12-15-6-3-4-7-21-15/h3-4,6-7,11,14,17H,2,5,8-10,12-13H2,1H3,(H,22,26)/t14-,17+/m0/s1. The highest BCUT2D eigenvalue weighted by atomic mass is 16.2. The molecule has 7 heteroatoms. The van der Waals surface area contributed by atoms with Crippen LogP contribution >= 0.6 is 0 Å². The van der Waals surface area contributed by atoms with Gasteiger partial charge in [0.1, 0.15) is 0 Å². The Morgan fingerprint density at radius 3 is 2.96 bits per heavy atom. The van der Waals surface area contributed by atoms with Gasteiger partial charge in [0.25, 0.3) is 5.91 Å². The van der Waals surface area contributed by atoms with Crippen LogP contribution in [0.1, 0.15) is 48.1 Å². The Morgan fingerprint density at radius 1 is 1.30 bits per heavy atom. The molecule has 0 aromatic carbocycles. The van der Waals surface area contributed by atoms with Crippen LogP contribution in [0.4, 0.5) is 0 Å². The van der Waals surface area contributed by atoms with Gasteiger partial charge in [0.05, 0.1) is 31.0 Å². The van der Waals surface area contributed by atoms with Gasteiger partial charge >= 0.3 is 0 Å². The predicted octanol–water partition coefficient (Wildman–Crippen LogP) is 1.99. The van der Waals surface area contributed by atoms with Gasteiger partial charge in [0.15, 0.2) is 5.69 Å². The van der Waals surface area contributed by atoms with Crippen LogP contribution in [-0.2, 0) is 24.4 Å². The number of pyridine rings is 1. The van der Waals surface area contributed by atoms with E-state index in [1.54, 1.807) is 12.3 Å². The lowest BCUT2D eigenvalue weighted by molar-refractivity contribution is -0.134. The average molecular weight is 367 g/mol. The number of nitrogens with zero attached hydrogens (tertiary/aromatic N) is 4. The van der Waals surface area contributed by atoms with Gasteiger partial charge in [-0.2, -0.15) is 5.10 Å². The third kappa shape index (κ3) is 3.86. The summed E-state index contributed by atoms with van der Waals surface area (Å²) in [7, 11) is 0. The predicted molar refractivity (Wildman–Crippen MR) is 99.6 cm³/mol. The summed E-state index contributed by atoms with van der Waals surface area (Å²) in [6.07, 6.45) is 5.01. The number of hydrogen-bond acceptors (Lipinski definition) is 4. The first-order valence-corrected chi connectivity index (χ1v) is 9.69. The molecule has 2 amide bonds. The quantitative estimate of drug-likeness (QED) is 0.847. The highest BCUT2D eigenvalue weighted by Crippen LogP contribution is 2.43. The van der Waals surface area contributed by atoms with Crippen LogP contribution in [0.5, 0.6) is 0 Å². The van der Waals surface area contributed by atoms with Crippen molar-refractivity contribution in [2.45, 2.75) is 45.8 Å². The second-order valence-corrected chi connectivity index (χ2v) is 7.40. The maximum atomic E-state index is 12.7. The molecule has 0 saturated heterocycles. The molecule has 2 atom stereocenters.